The number of H-pyrrole nitrogens is 1. The Labute approximate surface area is 163 Å². The van der Waals surface area contributed by atoms with Crippen LogP contribution in [-0.4, -0.2) is 57.1 Å². The van der Waals surface area contributed by atoms with Crippen molar-refractivity contribution < 1.29 is 4.79 Å². The van der Waals surface area contributed by atoms with Gasteiger partial charge in [-0.1, -0.05) is 29.3 Å². The second-order valence-corrected chi connectivity index (χ2v) is 7.97. The van der Waals surface area contributed by atoms with E-state index in [1.165, 1.54) is 0 Å². The Kier molecular flexibility index (Phi) is 5.55. The van der Waals surface area contributed by atoms with Gasteiger partial charge in [0.05, 0.1) is 22.0 Å². The molecule has 8 heteroatoms. The van der Waals surface area contributed by atoms with Gasteiger partial charge in [-0.05, 0) is 38.5 Å². The van der Waals surface area contributed by atoms with E-state index in [4.69, 9.17) is 23.2 Å². The van der Waals surface area contributed by atoms with Crippen LogP contribution in [0.5, 0.6) is 0 Å². The first-order valence-electron chi connectivity index (χ1n) is 8.62. The highest BCUT2D eigenvalue weighted by atomic mass is 35.5. The maximum Gasteiger partial charge on any atom is 0.232 e. The average molecular weight is 396 g/mol. The molecule has 1 aliphatic heterocycles. The number of nitrogens with zero attached hydrogens (tertiary/aromatic N) is 4. The molecule has 0 aliphatic carbocycles. The fourth-order valence-electron chi connectivity index (χ4n) is 3.17. The van der Waals surface area contributed by atoms with E-state index in [0.717, 1.165) is 30.3 Å². The van der Waals surface area contributed by atoms with Crippen molar-refractivity contribution in [3.8, 4) is 0 Å². The third-order valence-electron chi connectivity index (χ3n) is 4.84. The molecule has 3 rings (SSSR count). The molecule has 2 aromatic rings. The van der Waals surface area contributed by atoms with Crippen LogP contribution < -0.4 is 0 Å². The van der Waals surface area contributed by atoms with Crippen molar-refractivity contribution in [1.29, 1.82) is 0 Å². The number of aryl methyl sites for hydroxylation is 1. The zero-order valence-corrected chi connectivity index (χ0v) is 16.7. The van der Waals surface area contributed by atoms with Crippen molar-refractivity contribution in [2.24, 2.45) is 0 Å². The number of piperazine rings is 1. The third kappa shape index (κ3) is 4.03. The molecule has 1 fully saturated rings. The summed E-state index contributed by atoms with van der Waals surface area (Å²) in [4.78, 5) is 21.6. The highest BCUT2D eigenvalue weighted by Crippen LogP contribution is 2.31. The van der Waals surface area contributed by atoms with E-state index in [0.29, 0.717) is 29.7 Å². The SMILES string of the molecule is Cc1nc(CN2CCN(C(=O)C(C)(C)c3ccc(Cl)c(Cl)c3)CC2)n[nH]1. The standard InChI is InChI=1S/C18H23Cl2N5O/c1-12-21-16(23-22-12)11-24-6-8-25(9-7-24)17(26)18(2,3)13-4-5-14(19)15(20)10-13/h4-5,10H,6-9,11H2,1-3H3,(H,21,22,23). The van der Waals surface area contributed by atoms with Crippen molar-refractivity contribution >= 4 is 29.1 Å². The molecule has 140 valence electrons. The van der Waals surface area contributed by atoms with Gasteiger partial charge < -0.3 is 4.90 Å². The quantitative estimate of drug-likeness (QED) is 0.863. The van der Waals surface area contributed by atoms with Crippen molar-refractivity contribution in [3.63, 3.8) is 0 Å². The normalized spacial score (nSPS) is 16.1. The number of nitrogens with one attached hydrogen (secondary N) is 1. The molecule has 0 atom stereocenters. The second kappa shape index (κ2) is 7.55. The average Bonchev–Trinajstić information content (AvgIpc) is 3.02. The number of benzene rings is 1. The highest BCUT2D eigenvalue weighted by molar-refractivity contribution is 6.42. The van der Waals surface area contributed by atoms with Crippen LogP contribution in [0.4, 0.5) is 0 Å². The first kappa shape index (κ1) is 19.1. The topological polar surface area (TPSA) is 65.1 Å². The predicted molar refractivity (Wildman–Crippen MR) is 102 cm³/mol. The van der Waals surface area contributed by atoms with Crippen LogP contribution in [0.15, 0.2) is 18.2 Å². The smallest absolute Gasteiger partial charge is 0.232 e. The minimum absolute atomic E-state index is 0.101. The Balaban J connectivity index is 1.62. The Hall–Kier alpha value is -1.63. The van der Waals surface area contributed by atoms with Gasteiger partial charge in [0.1, 0.15) is 5.82 Å². The van der Waals surface area contributed by atoms with Crippen LogP contribution in [0.25, 0.3) is 0 Å². The molecule has 0 spiro atoms. The molecule has 1 amide bonds. The lowest BCUT2D eigenvalue weighted by molar-refractivity contribution is -0.138. The van der Waals surface area contributed by atoms with E-state index in [9.17, 15) is 4.79 Å². The lowest BCUT2D eigenvalue weighted by Gasteiger charge is -2.38. The molecule has 1 aliphatic rings. The Morgan fingerprint density at radius 2 is 1.88 bits per heavy atom. The molecule has 0 unspecified atom stereocenters. The third-order valence-corrected chi connectivity index (χ3v) is 5.58. The monoisotopic (exact) mass is 395 g/mol. The predicted octanol–water partition coefficient (Wildman–Crippen LogP) is 3.04. The van der Waals surface area contributed by atoms with Crippen LogP contribution in [0.2, 0.25) is 10.0 Å². The van der Waals surface area contributed by atoms with Crippen molar-refractivity contribution in [2.75, 3.05) is 26.2 Å². The van der Waals surface area contributed by atoms with Gasteiger partial charge in [-0.2, -0.15) is 5.10 Å². The summed E-state index contributed by atoms with van der Waals surface area (Å²) in [5.41, 5.74) is 0.215. The van der Waals surface area contributed by atoms with Crippen molar-refractivity contribution in [3.05, 3.63) is 45.5 Å². The second-order valence-electron chi connectivity index (χ2n) is 7.16. The summed E-state index contributed by atoms with van der Waals surface area (Å²) < 4.78 is 0. The molecule has 0 saturated carbocycles. The van der Waals surface area contributed by atoms with Crippen LogP contribution in [0.1, 0.15) is 31.1 Å². The number of hydrogen-bond donors (Lipinski definition) is 1. The van der Waals surface area contributed by atoms with Gasteiger partial charge in [0.2, 0.25) is 5.91 Å². The van der Waals surface area contributed by atoms with E-state index in [1.807, 2.05) is 31.7 Å². The van der Waals surface area contributed by atoms with Gasteiger partial charge in [-0.15, -0.1) is 0 Å². The number of aromatic amines is 1. The molecule has 1 N–H and O–H groups in total. The van der Waals surface area contributed by atoms with Gasteiger partial charge in [-0.25, -0.2) is 4.98 Å². The van der Waals surface area contributed by atoms with Crippen LogP contribution in [0.3, 0.4) is 0 Å². The number of hydrogen-bond acceptors (Lipinski definition) is 4. The fraction of sp³-hybridized carbons (Fsp3) is 0.500. The molecule has 2 heterocycles. The molecule has 26 heavy (non-hydrogen) atoms. The molecule has 0 radical (unpaired) electrons. The van der Waals surface area contributed by atoms with E-state index >= 15 is 0 Å². The van der Waals surface area contributed by atoms with Crippen LogP contribution in [0, 0.1) is 6.92 Å². The molecule has 6 nitrogen and oxygen atoms in total. The van der Waals surface area contributed by atoms with E-state index in [1.54, 1.807) is 12.1 Å². The summed E-state index contributed by atoms with van der Waals surface area (Å²) in [6.07, 6.45) is 0. The van der Waals surface area contributed by atoms with Crippen molar-refractivity contribution in [1.82, 2.24) is 25.0 Å². The molecular weight excluding hydrogens is 373 g/mol. The fourth-order valence-corrected chi connectivity index (χ4v) is 3.47. The number of rotatable bonds is 4. The summed E-state index contributed by atoms with van der Waals surface area (Å²) in [6, 6.07) is 5.39. The first-order chi connectivity index (χ1) is 12.3. The summed E-state index contributed by atoms with van der Waals surface area (Å²) in [7, 11) is 0. The van der Waals surface area contributed by atoms with Gasteiger partial charge in [0.15, 0.2) is 5.82 Å². The van der Waals surface area contributed by atoms with E-state index < -0.39 is 5.41 Å². The Morgan fingerprint density at radius 1 is 1.19 bits per heavy atom. The van der Waals surface area contributed by atoms with Crippen LogP contribution >= 0.6 is 23.2 Å². The van der Waals surface area contributed by atoms with Gasteiger partial charge in [0.25, 0.3) is 0 Å². The van der Waals surface area contributed by atoms with Crippen LogP contribution in [-0.2, 0) is 16.8 Å². The number of halogens is 2. The lowest BCUT2D eigenvalue weighted by Crippen LogP contribution is -2.52. The molecule has 1 aromatic carbocycles. The molecule has 0 bridgehead atoms. The van der Waals surface area contributed by atoms with Gasteiger partial charge >= 0.3 is 0 Å². The summed E-state index contributed by atoms with van der Waals surface area (Å²) in [6.45, 7) is 9.42. The number of carbonyl (C=O) groups excluding carboxylic acids is 1. The highest BCUT2D eigenvalue weighted by Gasteiger charge is 2.35. The van der Waals surface area contributed by atoms with Gasteiger partial charge in [-0.3, -0.25) is 14.8 Å². The maximum atomic E-state index is 13.1. The summed E-state index contributed by atoms with van der Waals surface area (Å²) in [5.74, 6) is 1.71. The minimum Gasteiger partial charge on any atom is -0.339 e. The zero-order valence-electron chi connectivity index (χ0n) is 15.2. The summed E-state index contributed by atoms with van der Waals surface area (Å²) >= 11 is 12.1. The minimum atomic E-state index is -0.655. The van der Waals surface area contributed by atoms with E-state index in [-0.39, 0.29) is 5.91 Å². The van der Waals surface area contributed by atoms with E-state index in [2.05, 4.69) is 20.1 Å². The van der Waals surface area contributed by atoms with Crippen molar-refractivity contribution in [2.45, 2.75) is 32.7 Å². The lowest BCUT2D eigenvalue weighted by atomic mass is 9.83. The largest absolute Gasteiger partial charge is 0.339 e. The molecule has 1 aromatic heterocycles. The summed E-state index contributed by atoms with van der Waals surface area (Å²) in [5, 5.41) is 8.00. The van der Waals surface area contributed by atoms with Gasteiger partial charge in [0, 0.05) is 26.2 Å². The number of carbonyl (C=O) groups is 1. The Bertz CT molecular complexity index is 797. The molecular formula is C18H23Cl2N5O. The number of aromatic nitrogens is 3. The zero-order chi connectivity index (χ0) is 18.9. The maximum absolute atomic E-state index is 13.1. The first-order valence-corrected chi connectivity index (χ1v) is 9.38. The molecule has 1 saturated heterocycles. The Morgan fingerprint density at radius 3 is 2.46 bits per heavy atom. The number of amides is 1.